The van der Waals surface area contributed by atoms with Crippen molar-refractivity contribution >= 4 is 5.69 Å². The number of nitro benzene ring substituents is 1. The molecular formula is C15H22N2O4. The number of hydrogen-bond acceptors (Lipinski definition) is 5. The third-order valence-electron chi connectivity index (χ3n) is 3.63. The Kier molecular flexibility index (Phi) is 5.14. The molecule has 2 unspecified atom stereocenters. The molecule has 2 rings (SSSR count). The van der Waals surface area contributed by atoms with Crippen molar-refractivity contribution in [2.75, 3.05) is 0 Å². The maximum atomic E-state index is 11.2. The fourth-order valence-electron chi connectivity index (χ4n) is 2.44. The minimum absolute atomic E-state index is 0.0443. The fourth-order valence-corrected chi connectivity index (χ4v) is 2.44. The zero-order chi connectivity index (χ0) is 15.4. The third-order valence-corrected chi connectivity index (χ3v) is 3.63. The lowest BCUT2D eigenvalue weighted by molar-refractivity contribution is -0.386. The van der Waals surface area contributed by atoms with E-state index < -0.39 is 11.0 Å². The highest BCUT2D eigenvalue weighted by Gasteiger charge is 2.29. The highest BCUT2D eigenvalue weighted by Crippen LogP contribution is 2.32. The first kappa shape index (κ1) is 15.7. The molecule has 1 aliphatic rings. The van der Waals surface area contributed by atoms with E-state index in [-0.39, 0.29) is 17.5 Å². The summed E-state index contributed by atoms with van der Waals surface area (Å²) < 4.78 is 5.65. The summed E-state index contributed by atoms with van der Waals surface area (Å²) in [5.74, 6) is 0.235. The highest BCUT2D eigenvalue weighted by atomic mass is 16.6. The van der Waals surface area contributed by atoms with Crippen LogP contribution < -0.4 is 10.1 Å². The summed E-state index contributed by atoms with van der Waals surface area (Å²) in [5.41, 5.74) is 0.798. The van der Waals surface area contributed by atoms with E-state index in [1.54, 1.807) is 6.07 Å². The molecular weight excluding hydrogens is 272 g/mol. The molecule has 0 spiro atoms. The van der Waals surface area contributed by atoms with E-state index in [9.17, 15) is 15.2 Å². The SMILES string of the molecule is CC(C)NCc1ccc(OC2CCCC2O)c([N+](=O)[O-])c1. The summed E-state index contributed by atoms with van der Waals surface area (Å²) >= 11 is 0. The predicted octanol–water partition coefficient (Wildman–Crippen LogP) is 2.39. The van der Waals surface area contributed by atoms with E-state index in [0.29, 0.717) is 19.0 Å². The van der Waals surface area contributed by atoms with Crippen LogP contribution in [0.15, 0.2) is 18.2 Å². The number of aliphatic hydroxyl groups excluding tert-OH is 1. The molecule has 6 heteroatoms. The van der Waals surface area contributed by atoms with E-state index in [1.165, 1.54) is 6.07 Å². The Morgan fingerprint density at radius 2 is 2.24 bits per heavy atom. The summed E-state index contributed by atoms with van der Waals surface area (Å²) in [6, 6.07) is 5.29. The minimum Gasteiger partial charge on any atom is -0.481 e. The first-order valence-electron chi connectivity index (χ1n) is 7.33. The van der Waals surface area contributed by atoms with Crippen molar-refractivity contribution in [2.24, 2.45) is 0 Å². The number of benzene rings is 1. The van der Waals surface area contributed by atoms with Gasteiger partial charge in [-0.3, -0.25) is 10.1 Å². The smallest absolute Gasteiger partial charge is 0.311 e. The average Bonchev–Trinajstić information content (AvgIpc) is 2.83. The summed E-state index contributed by atoms with van der Waals surface area (Å²) in [6.45, 7) is 4.62. The molecule has 1 aromatic rings. The lowest BCUT2D eigenvalue weighted by Gasteiger charge is -2.17. The van der Waals surface area contributed by atoms with E-state index >= 15 is 0 Å². The molecule has 2 N–H and O–H groups in total. The van der Waals surface area contributed by atoms with Crippen LogP contribution in [0.4, 0.5) is 5.69 Å². The van der Waals surface area contributed by atoms with Gasteiger partial charge in [0.2, 0.25) is 0 Å². The van der Waals surface area contributed by atoms with Crippen molar-refractivity contribution in [1.29, 1.82) is 0 Å². The largest absolute Gasteiger partial charge is 0.481 e. The van der Waals surface area contributed by atoms with Crippen LogP contribution in [0.3, 0.4) is 0 Å². The summed E-state index contributed by atoms with van der Waals surface area (Å²) in [7, 11) is 0. The number of aliphatic hydroxyl groups is 1. The molecule has 0 heterocycles. The Balaban J connectivity index is 2.14. The average molecular weight is 294 g/mol. The van der Waals surface area contributed by atoms with Crippen molar-refractivity contribution in [3.63, 3.8) is 0 Å². The van der Waals surface area contributed by atoms with Crippen LogP contribution in [-0.4, -0.2) is 28.3 Å². The van der Waals surface area contributed by atoms with Crippen molar-refractivity contribution in [3.05, 3.63) is 33.9 Å². The Hall–Kier alpha value is -1.66. The van der Waals surface area contributed by atoms with Gasteiger partial charge in [-0.25, -0.2) is 0 Å². The zero-order valence-corrected chi connectivity index (χ0v) is 12.4. The third kappa shape index (κ3) is 4.15. The highest BCUT2D eigenvalue weighted by molar-refractivity contribution is 5.49. The molecule has 1 fully saturated rings. The van der Waals surface area contributed by atoms with Gasteiger partial charge < -0.3 is 15.2 Å². The molecule has 0 aromatic heterocycles. The number of nitrogens with zero attached hydrogens (tertiary/aromatic N) is 1. The van der Waals surface area contributed by atoms with Crippen molar-refractivity contribution in [1.82, 2.24) is 5.32 Å². The molecule has 2 atom stereocenters. The Morgan fingerprint density at radius 3 is 2.81 bits per heavy atom. The van der Waals surface area contributed by atoms with Gasteiger partial charge in [0.1, 0.15) is 6.10 Å². The summed E-state index contributed by atoms with van der Waals surface area (Å²) in [5, 5.41) is 24.2. The zero-order valence-electron chi connectivity index (χ0n) is 12.4. The fraction of sp³-hybridized carbons (Fsp3) is 0.600. The van der Waals surface area contributed by atoms with Crippen LogP contribution >= 0.6 is 0 Å². The molecule has 0 aliphatic heterocycles. The van der Waals surface area contributed by atoms with Gasteiger partial charge in [0.25, 0.3) is 0 Å². The number of nitro groups is 1. The first-order chi connectivity index (χ1) is 9.97. The van der Waals surface area contributed by atoms with Gasteiger partial charge in [-0.1, -0.05) is 19.9 Å². The van der Waals surface area contributed by atoms with Crippen LogP contribution in [0.25, 0.3) is 0 Å². The van der Waals surface area contributed by atoms with E-state index in [1.807, 2.05) is 19.9 Å². The van der Waals surface area contributed by atoms with Gasteiger partial charge in [0.05, 0.1) is 11.0 Å². The van der Waals surface area contributed by atoms with Crippen LogP contribution in [-0.2, 0) is 6.54 Å². The van der Waals surface area contributed by atoms with Gasteiger partial charge in [-0.2, -0.15) is 0 Å². The Morgan fingerprint density at radius 1 is 1.48 bits per heavy atom. The molecule has 21 heavy (non-hydrogen) atoms. The quantitative estimate of drug-likeness (QED) is 0.621. The summed E-state index contributed by atoms with van der Waals surface area (Å²) in [6.07, 6.45) is 1.43. The van der Waals surface area contributed by atoms with Gasteiger partial charge in [-0.05, 0) is 30.9 Å². The minimum atomic E-state index is -0.535. The molecule has 6 nitrogen and oxygen atoms in total. The van der Waals surface area contributed by atoms with Gasteiger partial charge in [0, 0.05) is 18.7 Å². The normalized spacial score (nSPS) is 21.7. The van der Waals surface area contributed by atoms with Gasteiger partial charge in [-0.15, -0.1) is 0 Å². The monoisotopic (exact) mass is 294 g/mol. The predicted molar refractivity (Wildman–Crippen MR) is 79.3 cm³/mol. The molecule has 116 valence electrons. The van der Waals surface area contributed by atoms with Crippen LogP contribution in [0, 0.1) is 10.1 Å². The van der Waals surface area contributed by atoms with Crippen molar-refractivity contribution in [2.45, 2.75) is 57.9 Å². The number of nitrogens with one attached hydrogen (secondary N) is 1. The maximum absolute atomic E-state index is 11.2. The van der Waals surface area contributed by atoms with Crippen molar-refractivity contribution in [3.8, 4) is 5.75 Å². The topological polar surface area (TPSA) is 84.6 Å². The lowest BCUT2D eigenvalue weighted by Crippen LogP contribution is -2.26. The second-order valence-corrected chi connectivity index (χ2v) is 5.75. The van der Waals surface area contributed by atoms with Crippen LogP contribution in [0.2, 0.25) is 0 Å². The standard InChI is InChI=1S/C15H22N2O4/c1-10(2)16-9-11-6-7-14(12(8-11)17(19)20)21-15-5-3-4-13(15)18/h6-8,10,13,15-16,18H,3-5,9H2,1-2H3. The van der Waals surface area contributed by atoms with Crippen molar-refractivity contribution < 1.29 is 14.8 Å². The molecule has 1 saturated carbocycles. The molecule has 0 radical (unpaired) electrons. The second-order valence-electron chi connectivity index (χ2n) is 5.75. The number of ether oxygens (including phenoxy) is 1. The second kappa shape index (κ2) is 6.87. The van der Waals surface area contributed by atoms with Crippen LogP contribution in [0.5, 0.6) is 5.75 Å². The number of hydrogen-bond donors (Lipinski definition) is 2. The number of rotatable bonds is 6. The molecule has 0 bridgehead atoms. The maximum Gasteiger partial charge on any atom is 0.311 e. The molecule has 1 aromatic carbocycles. The van der Waals surface area contributed by atoms with Gasteiger partial charge >= 0.3 is 5.69 Å². The molecule has 1 aliphatic carbocycles. The van der Waals surface area contributed by atoms with E-state index in [4.69, 9.17) is 4.74 Å². The van der Waals surface area contributed by atoms with Gasteiger partial charge in [0.15, 0.2) is 5.75 Å². The Labute approximate surface area is 124 Å². The first-order valence-corrected chi connectivity index (χ1v) is 7.33. The van der Waals surface area contributed by atoms with E-state index in [2.05, 4.69) is 5.32 Å². The molecule has 0 saturated heterocycles. The Bertz CT molecular complexity index is 504. The lowest BCUT2D eigenvalue weighted by atomic mass is 10.1. The van der Waals surface area contributed by atoms with Crippen LogP contribution in [0.1, 0.15) is 38.7 Å². The van der Waals surface area contributed by atoms with E-state index in [0.717, 1.165) is 18.4 Å². The summed E-state index contributed by atoms with van der Waals surface area (Å²) in [4.78, 5) is 10.8. The molecule has 0 amide bonds.